The van der Waals surface area contributed by atoms with Crippen molar-refractivity contribution in [1.29, 1.82) is 0 Å². The van der Waals surface area contributed by atoms with Crippen molar-refractivity contribution in [2.75, 3.05) is 11.6 Å². The maximum atomic E-state index is 12.3. The zero-order valence-corrected chi connectivity index (χ0v) is 16.2. The summed E-state index contributed by atoms with van der Waals surface area (Å²) in [6.07, 6.45) is 0.259. The number of ether oxygens (including phenoxy) is 1. The Morgan fingerprint density at radius 2 is 1.84 bits per heavy atom. The van der Waals surface area contributed by atoms with Crippen LogP contribution in [0.15, 0.2) is 41.3 Å². The van der Waals surface area contributed by atoms with E-state index in [4.69, 9.17) is 27.9 Å². The number of carbonyl (C=O) groups excluding carboxylic acids is 1. The van der Waals surface area contributed by atoms with Gasteiger partial charge in [0.15, 0.2) is 15.9 Å². The van der Waals surface area contributed by atoms with Gasteiger partial charge in [-0.05, 0) is 55.8 Å². The second-order valence-corrected chi connectivity index (χ2v) is 8.43. The Labute approximate surface area is 156 Å². The van der Waals surface area contributed by atoms with Crippen molar-refractivity contribution in [2.45, 2.75) is 24.8 Å². The largest absolute Gasteiger partial charge is 0.481 e. The van der Waals surface area contributed by atoms with E-state index in [0.717, 1.165) is 11.8 Å². The topological polar surface area (TPSA) is 72.5 Å². The molecule has 1 atom stereocenters. The molecule has 5 nitrogen and oxygen atoms in total. The van der Waals surface area contributed by atoms with E-state index < -0.39 is 21.8 Å². The highest BCUT2D eigenvalue weighted by Gasteiger charge is 2.18. The molecule has 25 heavy (non-hydrogen) atoms. The number of sulfone groups is 1. The van der Waals surface area contributed by atoms with Crippen molar-refractivity contribution in [3.63, 3.8) is 0 Å². The molecule has 0 spiro atoms. The second kappa shape index (κ2) is 7.64. The molecular formula is C17H17Cl2NO4S. The Balaban J connectivity index is 2.16. The molecule has 2 aromatic rings. The molecule has 0 saturated carbocycles. The van der Waals surface area contributed by atoms with Crippen LogP contribution in [0.3, 0.4) is 0 Å². The number of rotatable bonds is 5. The normalized spacial score (nSPS) is 12.5. The summed E-state index contributed by atoms with van der Waals surface area (Å²) in [6.45, 7) is 3.40. The fourth-order valence-corrected chi connectivity index (χ4v) is 3.09. The lowest BCUT2D eigenvalue weighted by Gasteiger charge is -2.17. The Hall–Kier alpha value is -1.76. The lowest BCUT2D eigenvalue weighted by atomic mass is 10.2. The highest BCUT2D eigenvalue weighted by atomic mass is 35.5. The highest BCUT2D eigenvalue weighted by Crippen LogP contribution is 2.26. The van der Waals surface area contributed by atoms with Crippen molar-refractivity contribution < 1.29 is 17.9 Å². The predicted molar refractivity (Wildman–Crippen MR) is 99.5 cm³/mol. The van der Waals surface area contributed by atoms with E-state index in [1.54, 1.807) is 25.1 Å². The van der Waals surface area contributed by atoms with Gasteiger partial charge in [0.05, 0.1) is 15.6 Å². The second-order valence-electron chi connectivity index (χ2n) is 5.57. The van der Waals surface area contributed by atoms with Crippen molar-refractivity contribution in [3.05, 3.63) is 52.0 Å². The monoisotopic (exact) mass is 401 g/mol. The van der Waals surface area contributed by atoms with Crippen LogP contribution in [-0.4, -0.2) is 26.7 Å². The van der Waals surface area contributed by atoms with Crippen LogP contribution >= 0.6 is 23.2 Å². The molecule has 2 rings (SSSR count). The van der Waals surface area contributed by atoms with Crippen LogP contribution in [0.25, 0.3) is 0 Å². The van der Waals surface area contributed by atoms with Crippen molar-refractivity contribution in [1.82, 2.24) is 0 Å². The van der Waals surface area contributed by atoms with Crippen LogP contribution in [0.1, 0.15) is 12.5 Å². The molecule has 0 saturated heterocycles. The van der Waals surface area contributed by atoms with E-state index >= 15 is 0 Å². The smallest absolute Gasteiger partial charge is 0.265 e. The highest BCUT2D eigenvalue weighted by molar-refractivity contribution is 7.90. The average molecular weight is 402 g/mol. The molecule has 0 aliphatic rings. The van der Waals surface area contributed by atoms with Gasteiger partial charge in [-0.3, -0.25) is 4.79 Å². The summed E-state index contributed by atoms with van der Waals surface area (Å²) in [7, 11) is -3.41. The molecule has 2 aromatic carbocycles. The van der Waals surface area contributed by atoms with Gasteiger partial charge in [-0.25, -0.2) is 8.42 Å². The fourth-order valence-electron chi connectivity index (χ4n) is 2.05. The first-order chi connectivity index (χ1) is 11.6. The van der Waals surface area contributed by atoms with E-state index in [2.05, 4.69) is 5.32 Å². The lowest BCUT2D eigenvalue weighted by molar-refractivity contribution is -0.122. The first-order valence-corrected chi connectivity index (χ1v) is 9.96. The third-order valence-electron chi connectivity index (χ3n) is 3.43. The van der Waals surface area contributed by atoms with Crippen molar-refractivity contribution >= 4 is 44.6 Å². The van der Waals surface area contributed by atoms with Crippen LogP contribution < -0.4 is 10.1 Å². The SMILES string of the molecule is Cc1cc(Cl)ccc1O[C@H](C)C(=O)Nc1cc(S(C)(=O)=O)ccc1Cl. The number of hydrogen-bond acceptors (Lipinski definition) is 4. The summed E-state index contributed by atoms with van der Waals surface area (Å²) in [5.41, 5.74) is 1.00. The Bertz CT molecular complexity index is 913. The minimum atomic E-state index is -3.41. The standard InChI is InChI=1S/C17H17Cl2NO4S/c1-10-8-12(18)4-7-16(10)24-11(2)17(21)20-15-9-13(25(3,22)23)5-6-14(15)19/h4-9,11H,1-3H3,(H,20,21)/t11-/m1/s1. The van der Waals surface area contributed by atoms with Gasteiger partial charge in [-0.2, -0.15) is 0 Å². The molecule has 0 aliphatic carbocycles. The summed E-state index contributed by atoms with van der Waals surface area (Å²) in [5, 5.41) is 3.39. The number of benzene rings is 2. The van der Waals surface area contributed by atoms with Gasteiger partial charge < -0.3 is 10.1 Å². The molecule has 134 valence electrons. The zero-order chi connectivity index (χ0) is 18.8. The quantitative estimate of drug-likeness (QED) is 0.817. The number of anilines is 1. The van der Waals surface area contributed by atoms with E-state index in [-0.39, 0.29) is 15.6 Å². The van der Waals surface area contributed by atoms with E-state index in [1.165, 1.54) is 18.2 Å². The van der Waals surface area contributed by atoms with Gasteiger partial charge in [-0.1, -0.05) is 23.2 Å². The van der Waals surface area contributed by atoms with Gasteiger partial charge >= 0.3 is 0 Å². The molecule has 0 heterocycles. The first-order valence-electron chi connectivity index (χ1n) is 7.31. The van der Waals surface area contributed by atoms with Gasteiger partial charge in [-0.15, -0.1) is 0 Å². The first kappa shape index (κ1) is 19.6. The number of halogens is 2. The van der Waals surface area contributed by atoms with Crippen LogP contribution in [-0.2, 0) is 14.6 Å². The summed E-state index contributed by atoms with van der Waals surface area (Å²) >= 11 is 11.9. The molecule has 8 heteroatoms. The molecule has 0 unspecified atom stereocenters. The van der Waals surface area contributed by atoms with Crippen molar-refractivity contribution in [2.24, 2.45) is 0 Å². The lowest BCUT2D eigenvalue weighted by Crippen LogP contribution is -2.30. The van der Waals surface area contributed by atoms with Gasteiger partial charge in [0, 0.05) is 11.3 Å². The number of aryl methyl sites for hydroxylation is 1. The number of hydrogen-bond donors (Lipinski definition) is 1. The zero-order valence-electron chi connectivity index (χ0n) is 13.8. The van der Waals surface area contributed by atoms with E-state index in [9.17, 15) is 13.2 Å². The number of carbonyl (C=O) groups is 1. The van der Waals surface area contributed by atoms with Crippen LogP contribution in [0.5, 0.6) is 5.75 Å². The molecule has 1 amide bonds. The summed E-state index contributed by atoms with van der Waals surface area (Å²) in [5.74, 6) is 0.0740. The number of amides is 1. The van der Waals surface area contributed by atoms with Crippen LogP contribution in [0.4, 0.5) is 5.69 Å². The average Bonchev–Trinajstić information content (AvgIpc) is 2.50. The van der Waals surface area contributed by atoms with E-state index in [0.29, 0.717) is 10.8 Å². The molecule has 0 fully saturated rings. The van der Waals surface area contributed by atoms with Gasteiger partial charge in [0.25, 0.3) is 5.91 Å². The summed E-state index contributed by atoms with van der Waals surface area (Å²) in [4.78, 5) is 12.4. The van der Waals surface area contributed by atoms with Crippen molar-refractivity contribution in [3.8, 4) is 5.75 Å². The Morgan fingerprint density at radius 1 is 1.16 bits per heavy atom. The van der Waals surface area contributed by atoms with Gasteiger partial charge in [0.2, 0.25) is 0 Å². The molecule has 0 radical (unpaired) electrons. The minimum absolute atomic E-state index is 0.0642. The number of nitrogens with one attached hydrogen (secondary N) is 1. The maximum Gasteiger partial charge on any atom is 0.265 e. The maximum absolute atomic E-state index is 12.3. The molecule has 1 N–H and O–H groups in total. The predicted octanol–water partition coefficient (Wildman–Crippen LogP) is 4.11. The van der Waals surface area contributed by atoms with Gasteiger partial charge in [0.1, 0.15) is 5.75 Å². The third-order valence-corrected chi connectivity index (χ3v) is 5.11. The summed E-state index contributed by atoms with van der Waals surface area (Å²) in [6, 6.07) is 9.19. The van der Waals surface area contributed by atoms with Crippen LogP contribution in [0, 0.1) is 6.92 Å². The Kier molecular flexibility index (Phi) is 5.98. The fraction of sp³-hybridized carbons (Fsp3) is 0.235. The third kappa shape index (κ3) is 5.11. The minimum Gasteiger partial charge on any atom is -0.481 e. The Morgan fingerprint density at radius 3 is 2.44 bits per heavy atom. The molecular weight excluding hydrogens is 385 g/mol. The van der Waals surface area contributed by atoms with E-state index in [1.807, 2.05) is 6.92 Å². The van der Waals surface area contributed by atoms with Crippen LogP contribution in [0.2, 0.25) is 10.0 Å². The molecule has 0 aromatic heterocycles. The molecule has 0 bridgehead atoms. The summed E-state index contributed by atoms with van der Waals surface area (Å²) < 4.78 is 28.9. The molecule has 0 aliphatic heterocycles.